The Labute approximate surface area is 166 Å². The van der Waals surface area contributed by atoms with E-state index >= 15 is 0 Å². The monoisotopic (exact) mass is 392 g/mol. The van der Waals surface area contributed by atoms with Crippen LogP contribution in [0.3, 0.4) is 0 Å². The standard InChI is InChI=1S/C21H17FN4O3/c1-13(27)24-16-6-8-18(9-7-16)25-20(28)14-10-11-23-19(12-14)21(29)26-17-4-2-15(22)3-5-17/h2-12H,1H3,(H,24,27)(H,25,28)(H,26,29). The molecular weight excluding hydrogens is 375 g/mol. The van der Waals surface area contributed by atoms with Gasteiger partial charge in [0.2, 0.25) is 5.91 Å². The molecule has 3 N–H and O–H groups in total. The Morgan fingerprint density at radius 3 is 1.86 bits per heavy atom. The minimum atomic E-state index is -0.522. The number of hydrogen-bond donors (Lipinski definition) is 3. The van der Waals surface area contributed by atoms with Crippen LogP contribution in [0.2, 0.25) is 0 Å². The van der Waals surface area contributed by atoms with Crippen LogP contribution in [0.5, 0.6) is 0 Å². The molecule has 0 saturated carbocycles. The third-order valence-electron chi connectivity index (χ3n) is 3.82. The highest BCUT2D eigenvalue weighted by Gasteiger charge is 2.13. The van der Waals surface area contributed by atoms with Crippen molar-refractivity contribution in [1.82, 2.24) is 4.98 Å². The van der Waals surface area contributed by atoms with Crippen LogP contribution in [0.1, 0.15) is 27.8 Å². The topological polar surface area (TPSA) is 100 Å². The summed E-state index contributed by atoms with van der Waals surface area (Å²) < 4.78 is 13.0. The Hall–Kier alpha value is -4.07. The van der Waals surface area contributed by atoms with Crippen molar-refractivity contribution in [2.24, 2.45) is 0 Å². The van der Waals surface area contributed by atoms with Gasteiger partial charge in [0, 0.05) is 35.7 Å². The summed E-state index contributed by atoms with van der Waals surface area (Å²) in [7, 11) is 0. The molecule has 2 aromatic carbocycles. The van der Waals surface area contributed by atoms with E-state index in [-0.39, 0.29) is 17.2 Å². The molecule has 3 aromatic rings. The molecule has 0 aliphatic carbocycles. The second-order valence-electron chi connectivity index (χ2n) is 6.10. The summed E-state index contributed by atoms with van der Waals surface area (Å²) in [5.41, 5.74) is 1.84. The van der Waals surface area contributed by atoms with Crippen molar-refractivity contribution >= 4 is 34.8 Å². The molecule has 0 bridgehead atoms. The van der Waals surface area contributed by atoms with Gasteiger partial charge in [0.25, 0.3) is 11.8 Å². The Morgan fingerprint density at radius 2 is 1.28 bits per heavy atom. The van der Waals surface area contributed by atoms with E-state index < -0.39 is 17.6 Å². The molecule has 8 heteroatoms. The highest BCUT2D eigenvalue weighted by Crippen LogP contribution is 2.15. The summed E-state index contributed by atoms with van der Waals surface area (Å²) >= 11 is 0. The maximum absolute atomic E-state index is 13.0. The van der Waals surface area contributed by atoms with Crippen LogP contribution in [0.4, 0.5) is 21.5 Å². The molecule has 7 nitrogen and oxygen atoms in total. The highest BCUT2D eigenvalue weighted by atomic mass is 19.1. The predicted molar refractivity (Wildman–Crippen MR) is 107 cm³/mol. The van der Waals surface area contributed by atoms with Crippen molar-refractivity contribution in [2.75, 3.05) is 16.0 Å². The first kappa shape index (κ1) is 19.7. The molecule has 0 atom stereocenters. The Morgan fingerprint density at radius 1 is 0.759 bits per heavy atom. The molecule has 29 heavy (non-hydrogen) atoms. The van der Waals surface area contributed by atoms with Crippen molar-refractivity contribution in [2.45, 2.75) is 6.92 Å². The van der Waals surface area contributed by atoms with E-state index in [0.717, 1.165) is 0 Å². The van der Waals surface area contributed by atoms with Crippen molar-refractivity contribution in [1.29, 1.82) is 0 Å². The van der Waals surface area contributed by atoms with Gasteiger partial charge >= 0.3 is 0 Å². The lowest BCUT2D eigenvalue weighted by atomic mass is 10.2. The van der Waals surface area contributed by atoms with Gasteiger partial charge in [-0.1, -0.05) is 0 Å². The number of nitrogens with zero attached hydrogens (tertiary/aromatic N) is 1. The number of nitrogens with one attached hydrogen (secondary N) is 3. The maximum atomic E-state index is 13.0. The van der Waals surface area contributed by atoms with Crippen LogP contribution in [-0.4, -0.2) is 22.7 Å². The number of benzene rings is 2. The zero-order valence-corrected chi connectivity index (χ0v) is 15.4. The first-order valence-electron chi connectivity index (χ1n) is 8.63. The average Bonchev–Trinajstić information content (AvgIpc) is 2.71. The fourth-order valence-electron chi connectivity index (χ4n) is 2.47. The number of rotatable bonds is 5. The fraction of sp³-hybridized carbons (Fsp3) is 0.0476. The summed E-state index contributed by atoms with van der Waals surface area (Å²) in [5.74, 6) is -1.55. The number of halogens is 1. The number of carbonyl (C=O) groups excluding carboxylic acids is 3. The molecule has 1 heterocycles. The second kappa shape index (κ2) is 8.75. The van der Waals surface area contributed by atoms with Gasteiger partial charge in [-0.2, -0.15) is 0 Å². The Kier molecular flexibility index (Phi) is 5.94. The van der Waals surface area contributed by atoms with Gasteiger partial charge in [0.05, 0.1) is 0 Å². The molecule has 0 saturated heterocycles. The average molecular weight is 392 g/mol. The van der Waals surface area contributed by atoms with Crippen LogP contribution in [0.15, 0.2) is 66.9 Å². The van der Waals surface area contributed by atoms with E-state index in [0.29, 0.717) is 17.1 Å². The lowest BCUT2D eigenvalue weighted by Gasteiger charge is -2.08. The SMILES string of the molecule is CC(=O)Nc1ccc(NC(=O)c2ccnc(C(=O)Nc3ccc(F)cc3)c2)cc1. The third kappa shape index (κ3) is 5.46. The summed E-state index contributed by atoms with van der Waals surface area (Å²) in [5, 5.41) is 7.93. The van der Waals surface area contributed by atoms with Crippen LogP contribution >= 0.6 is 0 Å². The van der Waals surface area contributed by atoms with E-state index in [4.69, 9.17) is 0 Å². The fourth-order valence-corrected chi connectivity index (χ4v) is 2.47. The van der Waals surface area contributed by atoms with E-state index in [1.54, 1.807) is 24.3 Å². The van der Waals surface area contributed by atoms with E-state index in [9.17, 15) is 18.8 Å². The zero-order valence-electron chi connectivity index (χ0n) is 15.4. The predicted octanol–water partition coefficient (Wildman–Crippen LogP) is 3.68. The molecule has 0 spiro atoms. The minimum Gasteiger partial charge on any atom is -0.326 e. The van der Waals surface area contributed by atoms with Gasteiger partial charge in [-0.05, 0) is 60.7 Å². The van der Waals surface area contributed by atoms with Crippen molar-refractivity contribution in [3.8, 4) is 0 Å². The highest BCUT2D eigenvalue weighted by molar-refractivity contribution is 6.07. The summed E-state index contributed by atoms with van der Waals surface area (Å²) in [6, 6.07) is 14.8. The molecule has 0 fully saturated rings. The van der Waals surface area contributed by atoms with E-state index in [1.807, 2.05) is 0 Å². The van der Waals surface area contributed by atoms with Gasteiger partial charge in [0.1, 0.15) is 11.5 Å². The van der Waals surface area contributed by atoms with E-state index in [1.165, 1.54) is 49.5 Å². The second-order valence-corrected chi connectivity index (χ2v) is 6.10. The Balaban J connectivity index is 1.68. The largest absolute Gasteiger partial charge is 0.326 e. The smallest absolute Gasteiger partial charge is 0.274 e. The molecule has 3 rings (SSSR count). The van der Waals surface area contributed by atoms with Gasteiger partial charge in [-0.25, -0.2) is 4.39 Å². The summed E-state index contributed by atoms with van der Waals surface area (Å²) in [4.78, 5) is 39.8. The van der Waals surface area contributed by atoms with Crippen molar-refractivity contribution < 1.29 is 18.8 Å². The number of carbonyl (C=O) groups is 3. The number of anilines is 3. The van der Waals surface area contributed by atoms with Crippen LogP contribution in [0, 0.1) is 5.82 Å². The summed E-state index contributed by atoms with van der Waals surface area (Å²) in [6.07, 6.45) is 1.36. The van der Waals surface area contributed by atoms with Crippen LogP contribution in [-0.2, 0) is 4.79 Å². The van der Waals surface area contributed by atoms with Crippen molar-refractivity contribution in [3.63, 3.8) is 0 Å². The normalized spacial score (nSPS) is 10.1. The van der Waals surface area contributed by atoms with Crippen LogP contribution in [0.25, 0.3) is 0 Å². The van der Waals surface area contributed by atoms with Crippen LogP contribution < -0.4 is 16.0 Å². The molecule has 0 radical (unpaired) electrons. The number of aromatic nitrogens is 1. The zero-order chi connectivity index (χ0) is 20.8. The molecule has 146 valence electrons. The van der Waals surface area contributed by atoms with Gasteiger partial charge in [-0.3, -0.25) is 19.4 Å². The molecular formula is C21H17FN4O3. The van der Waals surface area contributed by atoms with Gasteiger partial charge < -0.3 is 16.0 Å². The lowest BCUT2D eigenvalue weighted by molar-refractivity contribution is -0.114. The van der Waals surface area contributed by atoms with E-state index in [2.05, 4.69) is 20.9 Å². The molecule has 0 aliphatic heterocycles. The number of amides is 3. The molecule has 1 aromatic heterocycles. The Bertz CT molecular complexity index is 1050. The molecule has 0 unspecified atom stereocenters. The third-order valence-corrected chi connectivity index (χ3v) is 3.82. The van der Waals surface area contributed by atoms with Gasteiger partial charge in [0.15, 0.2) is 0 Å². The first-order chi connectivity index (χ1) is 13.9. The van der Waals surface area contributed by atoms with Gasteiger partial charge in [-0.15, -0.1) is 0 Å². The quantitative estimate of drug-likeness (QED) is 0.617. The minimum absolute atomic E-state index is 0.0444. The van der Waals surface area contributed by atoms with Crippen molar-refractivity contribution in [3.05, 3.63) is 83.9 Å². The number of pyridine rings is 1. The number of hydrogen-bond acceptors (Lipinski definition) is 4. The summed E-state index contributed by atoms with van der Waals surface area (Å²) in [6.45, 7) is 1.41. The molecule has 3 amide bonds. The lowest BCUT2D eigenvalue weighted by Crippen LogP contribution is -2.17. The maximum Gasteiger partial charge on any atom is 0.274 e. The first-order valence-corrected chi connectivity index (χ1v) is 8.63. The molecule has 0 aliphatic rings.